The second-order valence-corrected chi connectivity index (χ2v) is 12.9. The van der Waals surface area contributed by atoms with E-state index in [1.54, 1.807) is 6.92 Å². The molecule has 0 aliphatic heterocycles. The van der Waals surface area contributed by atoms with E-state index in [2.05, 4.69) is 39.2 Å². The van der Waals surface area contributed by atoms with Gasteiger partial charge in [-0.1, -0.05) is 64.2 Å². The molecule has 0 radical (unpaired) electrons. The minimum Gasteiger partial charge on any atom is -0.465 e. The Morgan fingerprint density at radius 1 is 1.12 bits per heavy atom. The Kier molecular flexibility index (Phi) is 7.02. The lowest BCUT2D eigenvalue weighted by Gasteiger charge is -2.41. The van der Waals surface area contributed by atoms with Crippen LogP contribution < -0.4 is 5.32 Å². The number of esters is 1. The Hall–Kier alpha value is -1.82. The average Bonchev–Trinajstić information content (AvgIpc) is 2.50. The van der Waals surface area contributed by atoms with Gasteiger partial charge in [0.1, 0.15) is 12.3 Å². The van der Waals surface area contributed by atoms with E-state index in [1.807, 2.05) is 30.3 Å². The Balaban J connectivity index is 2.81. The van der Waals surface area contributed by atoms with E-state index in [4.69, 9.17) is 9.47 Å². The molecule has 1 aromatic carbocycles. The van der Waals surface area contributed by atoms with Crippen LogP contribution in [0.25, 0.3) is 0 Å². The summed E-state index contributed by atoms with van der Waals surface area (Å²) in [5, 5.41) is 2.66. The van der Waals surface area contributed by atoms with Crippen molar-refractivity contribution in [1.82, 2.24) is 5.32 Å². The van der Waals surface area contributed by atoms with Crippen LogP contribution in [0.2, 0.25) is 18.1 Å². The SMILES string of the molecule is CCOC(=O)C(NC(=O)OCc1ccccc1)[Si](C)(C)C(C)(C)C. The average molecular weight is 352 g/mol. The lowest BCUT2D eigenvalue weighted by Crippen LogP contribution is -2.62. The summed E-state index contributed by atoms with van der Waals surface area (Å²) in [6.07, 6.45) is -0.596. The summed E-state index contributed by atoms with van der Waals surface area (Å²) in [4.78, 5) is 24.6. The highest BCUT2D eigenvalue weighted by Crippen LogP contribution is 2.38. The minimum atomic E-state index is -2.19. The number of carbonyl (C=O) groups is 2. The molecule has 0 heterocycles. The molecule has 0 saturated carbocycles. The lowest BCUT2D eigenvalue weighted by molar-refractivity contribution is -0.143. The minimum absolute atomic E-state index is 0.0862. The summed E-state index contributed by atoms with van der Waals surface area (Å²) < 4.78 is 10.4. The van der Waals surface area contributed by atoms with Crippen molar-refractivity contribution < 1.29 is 19.1 Å². The van der Waals surface area contributed by atoms with Gasteiger partial charge in [-0.15, -0.1) is 0 Å². The molecule has 1 unspecified atom stereocenters. The van der Waals surface area contributed by atoms with Gasteiger partial charge in [0.25, 0.3) is 0 Å². The van der Waals surface area contributed by atoms with Gasteiger partial charge in [-0.2, -0.15) is 0 Å². The van der Waals surface area contributed by atoms with E-state index in [1.165, 1.54) is 0 Å². The molecule has 6 heteroatoms. The predicted octanol–water partition coefficient (Wildman–Crippen LogP) is 3.89. The monoisotopic (exact) mass is 351 g/mol. The third-order valence-electron chi connectivity index (χ3n) is 4.65. The van der Waals surface area contributed by atoms with Crippen LogP contribution in [0.15, 0.2) is 30.3 Å². The molecule has 1 rings (SSSR count). The second kappa shape index (κ2) is 8.33. The fourth-order valence-corrected chi connectivity index (χ4v) is 4.09. The van der Waals surface area contributed by atoms with Gasteiger partial charge in [-0.3, -0.25) is 4.79 Å². The smallest absolute Gasteiger partial charge is 0.407 e. The van der Waals surface area contributed by atoms with Gasteiger partial charge in [0.15, 0.2) is 0 Å². The standard InChI is InChI=1S/C18H29NO4Si/c1-7-22-16(20)15(24(5,6)18(2,3)4)19-17(21)23-13-14-11-9-8-10-12-14/h8-12,15H,7,13H2,1-6H3,(H,19,21). The van der Waals surface area contributed by atoms with Crippen molar-refractivity contribution in [1.29, 1.82) is 0 Å². The van der Waals surface area contributed by atoms with Crippen LogP contribution >= 0.6 is 0 Å². The zero-order chi connectivity index (χ0) is 18.4. The molecule has 0 bridgehead atoms. The molecule has 0 aromatic heterocycles. The molecule has 1 N–H and O–H groups in total. The van der Waals surface area contributed by atoms with Crippen LogP contribution in [0.4, 0.5) is 4.79 Å². The normalized spacial score (nSPS) is 13.1. The maximum atomic E-state index is 12.4. The first kappa shape index (κ1) is 20.2. The number of hydrogen-bond acceptors (Lipinski definition) is 4. The maximum absolute atomic E-state index is 12.4. The first-order chi connectivity index (χ1) is 11.1. The third-order valence-corrected chi connectivity index (χ3v) is 10.3. The number of amides is 1. The number of alkyl carbamates (subject to hydrolysis) is 1. The quantitative estimate of drug-likeness (QED) is 0.624. The highest BCUT2D eigenvalue weighted by Gasteiger charge is 2.47. The summed E-state index contributed by atoms with van der Waals surface area (Å²) >= 11 is 0. The molecule has 0 spiro atoms. The Morgan fingerprint density at radius 3 is 2.21 bits per heavy atom. The summed E-state index contributed by atoms with van der Waals surface area (Å²) in [7, 11) is -2.19. The zero-order valence-corrected chi connectivity index (χ0v) is 16.5. The van der Waals surface area contributed by atoms with Crippen molar-refractivity contribution in [3.8, 4) is 0 Å². The van der Waals surface area contributed by atoms with Crippen LogP contribution in [0.5, 0.6) is 0 Å². The van der Waals surface area contributed by atoms with Crippen molar-refractivity contribution >= 4 is 20.1 Å². The van der Waals surface area contributed by atoms with E-state index in [-0.39, 0.29) is 24.2 Å². The van der Waals surface area contributed by atoms with Gasteiger partial charge >= 0.3 is 12.1 Å². The number of hydrogen-bond donors (Lipinski definition) is 1. The van der Waals surface area contributed by atoms with Crippen LogP contribution in [0, 0.1) is 0 Å². The number of ether oxygens (including phenoxy) is 2. The van der Waals surface area contributed by atoms with Crippen molar-refractivity contribution in [2.75, 3.05) is 6.61 Å². The molecule has 24 heavy (non-hydrogen) atoms. The van der Waals surface area contributed by atoms with Gasteiger partial charge < -0.3 is 14.8 Å². The Morgan fingerprint density at radius 2 is 1.71 bits per heavy atom. The van der Waals surface area contributed by atoms with Gasteiger partial charge in [-0.25, -0.2) is 4.79 Å². The predicted molar refractivity (Wildman–Crippen MR) is 97.4 cm³/mol. The molecular formula is C18H29NO4Si. The lowest BCUT2D eigenvalue weighted by atomic mass is 10.2. The van der Waals surface area contributed by atoms with Crippen molar-refractivity contribution in [2.24, 2.45) is 0 Å². The number of rotatable bonds is 6. The van der Waals surface area contributed by atoms with Gasteiger partial charge in [0, 0.05) is 0 Å². The van der Waals surface area contributed by atoms with Gasteiger partial charge in [-0.05, 0) is 17.5 Å². The molecule has 5 nitrogen and oxygen atoms in total. The molecule has 1 aromatic rings. The number of carbonyl (C=O) groups excluding carboxylic acids is 2. The first-order valence-corrected chi connectivity index (χ1v) is 11.3. The van der Waals surface area contributed by atoms with Crippen molar-refractivity contribution in [2.45, 2.75) is 58.1 Å². The molecular weight excluding hydrogens is 322 g/mol. The number of nitrogens with one attached hydrogen (secondary N) is 1. The molecule has 0 fully saturated rings. The third kappa shape index (κ3) is 5.37. The summed E-state index contributed by atoms with van der Waals surface area (Å²) in [6.45, 7) is 12.6. The second-order valence-electron chi connectivity index (χ2n) is 7.36. The van der Waals surface area contributed by atoms with Crippen LogP contribution in [-0.2, 0) is 20.9 Å². The molecule has 1 atom stereocenters. The summed E-state index contributed by atoms with van der Waals surface area (Å²) in [5.74, 6) is -0.388. The van der Waals surface area contributed by atoms with Crippen molar-refractivity contribution in [3.05, 3.63) is 35.9 Å². The first-order valence-electron chi connectivity index (χ1n) is 8.23. The molecule has 0 saturated heterocycles. The Labute approximate surface area is 145 Å². The van der Waals surface area contributed by atoms with E-state index in [0.717, 1.165) is 5.56 Å². The van der Waals surface area contributed by atoms with Gasteiger partial charge in [0.2, 0.25) is 0 Å². The van der Waals surface area contributed by atoms with E-state index in [9.17, 15) is 9.59 Å². The highest BCUT2D eigenvalue weighted by atomic mass is 28.3. The van der Waals surface area contributed by atoms with Gasteiger partial charge in [0.05, 0.1) is 14.7 Å². The summed E-state index contributed by atoms with van der Waals surface area (Å²) in [5.41, 5.74) is 0.244. The molecule has 0 aliphatic rings. The topological polar surface area (TPSA) is 64.6 Å². The number of benzene rings is 1. The van der Waals surface area contributed by atoms with Crippen LogP contribution in [0.3, 0.4) is 0 Å². The Bertz CT molecular complexity index is 552. The van der Waals surface area contributed by atoms with E-state index >= 15 is 0 Å². The van der Waals surface area contributed by atoms with E-state index in [0.29, 0.717) is 0 Å². The van der Waals surface area contributed by atoms with Crippen molar-refractivity contribution in [3.63, 3.8) is 0 Å². The largest absolute Gasteiger partial charge is 0.465 e. The molecule has 134 valence electrons. The van der Waals surface area contributed by atoms with E-state index < -0.39 is 19.8 Å². The van der Waals surface area contributed by atoms with Crippen LogP contribution in [-0.4, -0.2) is 32.4 Å². The zero-order valence-electron chi connectivity index (χ0n) is 15.5. The maximum Gasteiger partial charge on any atom is 0.407 e. The fourth-order valence-electron chi connectivity index (χ4n) is 2.08. The molecule has 0 aliphatic carbocycles. The molecule has 1 amide bonds. The summed E-state index contributed by atoms with van der Waals surface area (Å²) in [6, 6.07) is 9.42. The highest BCUT2D eigenvalue weighted by molar-refractivity contribution is 6.84. The fraction of sp³-hybridized carbons (Fsp3) is 0.556. The van der Waals surface area contributed by atoms with Crippen LogP contribution in [0.1, 0.15) is 33.3 Å².